The number of aliphatic carboxylic acids is 1. The summed E-state index contributed by atoms with van der Waals surface area (Å²) < 4.78 is 12.1. The molecule has 1 fully saturated rings. The number of nitrogen functional groups attached to an aromatic ring is 1. The molecule has 3 amide bonds. The summed E-state index contributed by atoms with van der Waals surface area (Å²) in [7, 11) is 0. The van der Waals surface area contributed by atoms with E-state index in [1.807, 2.05) is 37.8 Å². The number of hydrogen-bond donors (Lipinski definition) is 4. The Morgan fingerprint density at radius 1 is 1.05 bits per heavy atom. The lowest BCUT2D eigenvalue weighted by Crippen LogP contribution is -2.57. The molecule has 314 valence electrons. The van der Waals surface area contributed by atoms with E-state index in [0.29, 0.717) is 49.7 Å². The van der Waals surface area contributed by atoms with Crippen LogP contribution in [0.1, 0.15) is 147 Å². The molecule has 0 radical (unpaired) electrons. The highest BCUT2D eigenvalue weighted by molar-refractivity contribution is 7.09. The molecule has 2 aromatic rings. The van der Waals surface area contributed by atoms with Crippen LogP contribution in [0.3, 0.4) is 0 Å². The summed E-state index contributed by atoms with van der Waals surface area (Å²) in [6.07, 6.45) is 7.24. The summed E-state index contributed by atoms with van der Waals surface area (Å²) >= 11 is 1.33. The summed E-state index contributed by atoms with van der Waals surface area (Å²) in [4.78, 5) is 60.7. The largest absolute Gasteiger partial charge is 0.481 e. The number of nitrogens with zero attached hydrogens (tertiary/aromatic N) is 2. The lowest BCUT2D eigenvalue weighted by molar-refractivity contribution is -0.147. The van der Waals surface area contributed by atoms with Crippen molar-refractivity contribution in [3.05, 3.63) is 45.9 Å². The number of hydrogen-bond acceptors (Lipinski definition) is 9. The van der Waals surface area contributed by atoms with Gasteiger partial charge in [-0.1, -0.05) is 72.4 Å². The molecular formula is C43H69N5O7S. The van der Waals surface area contributed by atoms with Crippen molar-refractivity contribution in [2.45, 2.75) is 156 Å². The van der Waals surface area contributed by atoms with Gasteiger partial charge in [0.15, 0.2) is 0 Å². The third-order valence-corrected chi connectivity index (χ3v) is 11.9. The van der Waals surface area contributed by atoms with E-state index < -0.39 is 41.6 Å². The SMILES string of the molecule is CCCCCCN(C(=O)[C@@H](NC(=O)[C@H]1CCCCO1)[C@@H](C)CC)[C@H](C[C@@H](OCC)c1nc(C(=O)N[C@@H](Cc2ccc(N)cc2)CC(C)(C)C(=O)O)cs1)C(C)C. The number of anilines is 1. The van der Waals surface area contributed by atoms with E-state index in [4.69, 9.17) is 20.2 Å². The minimum Gasteiger partial charge on any atom is -0.481 e. The fourth-order valence-corrected chi connectivity index (χ4v) is 8.10. The van der Waals surface area contributed by atoms with Gasteiger partial charge in [0, 0.05) is 49.3 Å². The zero-order chi connectivity index (χ0) is 41.4. The van der Waals surface area contributed by atoms with Gasteiger partial charge in [0.05, 0.1) is 5.41 Å². The predicted molar refractivity (Wildman–Crippen MR) is 222 cm³/mol. The van der Waals surface area contributed by atoms with Crippen molar-refractivity contribution in [3.63, 3.8) is 0 Å². The number of carboxylic acids is 1. The first-order valence-electron chi connectivity index (χ1n) is 20.8. The number of thiazole rings is 1. The standard InChI is InChI=1S/C43H69N5O7S/c1-9-12-13-15-22-48(41(51)37(29(6)10-2)47-39(50)35-17-14-16-23-55-35)34(28(4)5)25-36(54-11-3)40-46-33(27-56-40)38(49)45-32(26-43(7,8)42(52)53)24-30-18-20-31(44)21-19-30/h18-21,27-29,32,34-37H,9-17,22-26,44H2,1-8H3,(H,45,49)(H,47,50)(H,52,53)/t29-,32-,34+,35+,36+,37-/m0/s1. The Hall–Kier alpha value is -3.55. The van der Waals surface area contributed by atoms with Gasteiger partial charge in [-0.05, 0) is 88.8 Å². The van der Waals surface area contributed by atoms with Crippen LogP contribution in [0.15, 0.2) is 29.6 Å². The number of aromatic nitrogens is 1. The number of ether oxygens (including phenoxy) is 2. The Morgan fingerprint density at radius 3 is 2.36 bits per heavy atom. The third kappa shape index (κ3) is 14.1. The number of benzene rings is 1. The summed E-state index contributed by atoms with van der Waals surface area (Å²) in [5.74, 6) is -1.70. The number of carboxylic acid groups (broad SMARTS) is 1. The Labute approximate surface area is 339 Å². The highest BCUT2D eigenvalue weighted by Crippen LogP contribution is 2.32. The molecule has 13 heteroatoms. The quantitative estimate of drug-likeness (QED) is 0.0617. The monoisotopic (exact) mass is 799 g/mol. The molecule has 0 unspecified atom stereocenters. The van der Waals surface area contributed by atoms with Crippen molar-refractivity contribution in [1.82, 2.24) is 20.5 Å². The highest BCUT2D eigenvalue weighted by Gasteiger charge is 2.38. The van der Waals surface area contributed by atoms with Crippen LogP contribution < -0.4 is 16.4 Å². The topological polar surface area (TPSA) is 173 Å². The molecule has 0 spiro atoms. The molecule has 0 bridgehead atoms. The number of unbranched alkanes of at least 4 members (excludes halogenated alkanes) is 3. The lowest BCUT2D eigenvalue weighted by Gasteiger charge is -2.40. The first kappa shape index (κ1) is 46.8. The van der Waals surface area contributed by atoms with E-state index in [1.54, 1.807) is 31.4 Å². The van der Waals surface area contributed by atoms with E-state index in [-0.39, 0.29) is 41.8 Å². The number of carbonyl (C=O) groups excluding carboxylic acids is 3. The zero-order valence-corrected chi connectivity index (χ0v) is 35.9. The van der Waals surface area contributed by atoms with Gasteiger partial charge in [-0.2, -0.15) is 0 Å². The van der Waals surface area contributed by atoms with Crippen LogP contribution in [-0.4, -0.2) is 82.7 Å². The van der Waals surface area contributed by atoms with Crippen molar-refractivity contribution < 1.29 is 33.8 Å². The molecule has 5 N–H and O–H groups in total. The van der Waals surface area contributed by atoms with Crippen LogP contribution in [-0.2, 0) is 30.3 Å². The van der Waals surface area contributed by atoms with Gasteiger partial charge in [-0.15, -0.1) is 11.3 Å². The average molecular weight is 800 g/mol. The van der Waals surface area contributed by atoms with Crippen molar-refractivity contribution >= 4 is 40.7 Å². The fourth-order valence-electron chi connectivity index (χ4n) is 7.24. The Kier molecular flexibility index (Phi) is 19.2. The molecule has 56 heavy (non-hydrogen) atoms. The molecule has 0 aliphatic carbocycles. The van der Waals surface area contributed by atoms with Crippen LogP contribution >= 0.6 is 11.3 Å². The first-order valence-corrected chi connectivity index (χ1v) is 21.7. The van der Waals surface area contributed by atoms with Gasteiger partial charge in [-0.3, -0.25) is 19.2 Å². The minimum absolute atomic E-state index is 0.0532. The van der Waals surface area contributed by atoms with E-state index in [9.17, 15) is 24.3 Å². The number of carbonyl (C=O) groups is 4. The van der Waals surface area contributed by atoms with Gasteiger partial charge in [0.25, 0.3) is 5.91 Å². The molecule has 1 saturated heterocycles. The van der Waals surface area contributed by atoms with Crippen LogP contribution in [0.2, 0.25) is 0 Å². The summed E-state index contributed by atoms with van der Waals surface area (Å²) in [6.45, 7) is 17.1. The second-order valence-electron chi connectivity index (χ2n) is 16.4. The molecular weight excluding hydrogens is 731 g/mol. The second-order valence-corrected chi connectivity index (χ2v) is 17.3. The Balaban J connectivity index is 1.89. The van der Waals surface area contributed by atoms with Crippen LogP contribution in [0.5, 0.6) is 0 Å². The normalized spacial score (nSPS) is 17.4. The van der Waals surface area contributed by atoms with Crippen molar-refractivity contribution in [3.8, 4) is 0 Å². The molecule has 3 rings (SSSR count). The van der Waals surface area contributed by atoms with Crippen LogP contribution in [0, 0.1) is 17.3 Å². The number of rotatable bonds is 24. The van der Waals surface area contributed by atoms with Crippen LogP contribution in [0.25, 0.3) is 0 Å². The predicted octanol–water partition coefficient (Wildman–Crippen LogP) is 7.57. The molecule has 1 aliphatic rings. The van der Waals surface area contributed by atoms with Crippen LogP contribution in [0.4, 0.5) is 5.69 Å². The average Bonchev–Trinajstić information content (AvgIpc) is 3.67. The minimum atomic E-state index is -1.08. The number of nitrogens with two attached hydrogens (primary N) is 1. The number of nitrogens with one attached hydrogen (secondary N) is 2. The van der Waals surface area contributed by atoms with E-state index >= 15 is 0 Å². The maximum absolute atomic E-state index is 14.8. The van der Waals surface area contributed by atoms with Crippen molar-refractivity contribution in [2.24, 2.45) is 17.3 Å². The highest BCUT2D eigenvalue weighted by atomic mass is 32.1. The molecule has 2 heterocycles. The fraction of sp³-hybridized carbons (Fsp3) is 0.698. The summed E-state index contributed by atoms with van der Waals surface area (Å²) in [6, 6.07) is 5.92. The lowest BCUT2D eigenvalue weighted by atomic mass is 9.84. The Bertz CT molecular complexity index is 1520. The van der Waals surface area contributed by atoms with Gasteiger partial charge in [-0.25, -0.2) is 4.98 Å². The zero-order valence-electron chi connectivity index (χ0n) is 35.1. The van der Waals surface area contributed by atoms with Crippen molar-refractivity contribution in [2.75, 3.05) is 25.5 Å². The first-order chi connectivity index (χ1) is 26.6. The maximum Gasteiger partial charge on any atom is 0.309 e. The molecule has 1 aromatic heterocycles. The van der Waals surface area contributed by atoms with Gasteiger partial charge in [0.1, 0.15) is 29.0 Å². The maximum atomic E-state index is 14.8. The van der Waals surface area contributed by atoms with Gasteiger partial charge >= 0.3 is 5.97 Å². The van der Waals surface area contributed by atoms with Crippen molar-refractivity contribution in [1.29, 1.82) is 0 Å². The smallest absolute Gasteiger partial charge is 0.309 e. The molecule has 0 saturated carbocycles. The van der Waals surface area contributed by atoms with Gasteiger partial charge in [0.2, 0.25) is 11.8 Å². The second kappa shape index (κ2) is 23.0. The van der Waals surface area contributed by atoms with E-state index in [1.165, 1.54) is 11.3 Å². The molecule has 1 aliphatic heterocycles. The van der Waals surface area contributed by atoms with E-state index in [0.717, 1.165) is 50.5 Å². The van der Waals surface area contributed by atoms with Gasteiger partial charge < -0.3 is 35.8 Å². The summed E-state index contributed by atoms with van der Waals surface area (Å²) in [5.41, 5.74) is 6.57. The summed E-state index contributed by atoms with van der Waals surface area (Å²) in [5, 5.41) is 18.4. The Morgan fingerprint density at radius 2 is 1.77 bits per heavy atom. The third-order valence-electron chi connectivity index (χ3n) is 10.9. The molecule has 12 nitrogen and oxygen atoms in total. The molecule has 1 aromatic carbocycles. The molecule has 6 atom stereocenters. The van der Waals surface area contributed by atoms with E-state index in [2.05, 4.69) is 31.4 Å². The number of amides is 3.